The van der Waals surface area contributed by atoms with Crippen LogP contribution < -0.4 is 10.6 Å². The number of halogens is 3. The van der Waals surface area contributed by atoms with Crippen molar-refractivity contribution in [3.8, 4) is 0 Å². The van der Waals surface area contributed by atoms with Crippen LogP contribution in [0.4, 0.5) is 19.0 Å². The van der Waals surface area contributed by atoms with Crippen LogP contribution in [0.3, 0.4) is 0 Å². The van der Waals surface area contributed by atoms with Crippen molar-refractivity contribution in [2.24, 2.45) is 0 Å². The molecule has 2 fully saturated rings. The molecule has 1 amide bonds. The average Bonchev–Trinajstić information content (AvgIpc) is 3.21. The lowest BCUT2D eigenvalue weighted by Crippen LogP contribution is -2.36. The van der Waals surface area contributed by atoms with Crippen LogP contribution in [0.1, 0.15) is 66.9 Å². The van der Waals surface area contributed by atoms with Gasteiger partial charge in [-0.2, -0.15) is 0 Å². The Kier molecular flexibility index (Phi) is 6.55. The molecule has 0 bridgehead atoms. The summed E-state index contributed by atoms with van der Waals surface area (Å²) in [5.41, 5.74) is -0.791. The van der Waals surface area contributed by atoms with Crippen LogP contribution in [0.15, 0.2) is 18.2 Å². The van der Waals surface area contributed by atoms with E-state index in [9.17, 15) is 23.1 Å². The van der Waals surface area contributed by atoms with Gasteiger partial charge in [0.15, 0.2) is 12.5 Å². The van der Waals surface area contributed by atoms with E-state index in [1.807, 2.05) is 6.92 Å². The number of hydrogen-bond donors (Lipinski definition) is 3. The van der Waals surface area contributed by atoms with Crippen LogP contribution in [0.5, 0.6) is 0 Å². The summed E-state index contributed by atoms with van der Waals surface area (Å²) in [6.07, 6.45) is -3.94. The number of carbonyl (C=O) groups is 1. The summed E-state index contributed by atoms with van der Waals surface area (Å²) < 4.78 is 51.9. The van der Waals surface area contributed by atoms with Gasteiger partial charge in [-0.1, -0.05) is 18.2 Å². The molecular weight excluding hydrogens is 441 g/mol. The molecule has 0 radical (unpaired) electrons. The second-order valence-corrected chi connectivity index (χ2v) is 8.44. The number of aromatic nitrogens is 2. The monoisotopic (exact) mass is 466 g/mol. The molecule has 11 heteroatoms. The molecule has 1 saturated heterocycles. The minimum absolute atomic E-state index is 0.0594. The summed E-state index contributed by atoms with van der Waals surface area (Å²) in [5, 5.41) is 16.2. The fraction of sp³-hybridized carbons (Fsp3) is 0.500. The Balaban J connectivity index is 1.66. The number of ether oxygens (including phenoxy) is 2. The molecule has 1 aliphatic heterocycles. The highest BCUT2D eigenvalue weighted by Crippen LogP contribution is 2.36. The van der Waals surface area contributed by atoms with E-state index in [2.05, 4.69) is 20.6 Å². The van der Waals surface area contributed by atoms with Crippen LogP contribution in [0.25, 0.3) is 0 Å². The zero-order chi connectivity index (χ0) is 23.8. The number of anilines is 1. The Morgan fingerprint density at radius 2 is 1.91 bits per heavy atom. The van der Waals surface area contributed by atoms with Gasteiger partial charge in [-0.15, -0.1) is 0 Å². The van der Waals surface area contributed by atoms with Crippen molar-refractivity contribution in [1.82, 2.24) is 15.3 Å². The number of aliphatic hydroxyl groups excluding tert-OH is 1. The van der Waals surface area contributed by atoms with Crippen molar-refractivity contribution in [1.29, 1.82) is 0 Å². The van der Waals surface area contributed by atoms with Crippen molar-refractivity contribution < 1.29 is 32.5 Å². The number of aliphatic hydroxyl groups is 1. The molecule has 33 heavy (non-hydrogen) atoms. The summed E-state index contributed by atoms with van der Waals surface area (Å²) in [6.45, 7) is 4.15. The second-order valence-electron chi connectivity index (χ2n) is 8.44. The van der Waals surface area contributed by atoms with Gasteiger partial charge in [-0.05, 0) is 26.7 Å². The predicted molar refractivity (Wildman–Crippen MR) is 111 cm³/mol. The first-order valence-corrected chi connectivity index (χ1v) is 10.6. The van der Waals surface area contributed by atoms with E-state index in [4.69, 9.17) is 9.47 Å². The first-order chi connectivity index (χ1) is 15.7. The quantitative estimate of drug-likeness (QED) is 0.513. The smallest absolute Gasteiger partial charge is 0.266 e. The van der Waals surface area contributed by atoms with Crippen molar-refractivity contribution >= 4 is 11.7 Å². The molecule has 0 spiro atoms. The Bertz CT molecular complexity index is 1040. The van der Waals surface area contributed by atoms with Crippen LogP contribution >= 0.6 is 0 Å². The number of carbonyl (C=O) groups excluding carboxylic acids is 1. The molecule has 1 atom stereocenters. The minimum atomic E-state index is -3.03. The summed E-state index contributed by atoms with van der Waals surface area (Å²) in [4.78, 5) is 21.3. The normalized spacial score (nSPS) is 18.4. The Hall–Kier alpha value is -2.76. The lowest BCUT2D eigenvalue weighted by molar-refractivity contribution is -0.121. The number of rotatable bonds is 8. The zero-order valence-corrected chi connectivity index (χ0v) is 18.2. The van der Waals surface area contributed by atoms with E-state index >= 15 is 0 Å². The summed E-state index contributed by atoms with van der Waals surface area (Å²) in [7, 11) is 0. The van der Waals surface area contributed by atoms with Gasteiger partial charge in [0, 0.05) is 11.1 Å². The van der Waals surface area contributed by atoms with Gasteiger partial charge in [0.1, 0.15) is 17.5 Å². The molecule has 178 valence electrons. The predicted octanol–water partition coefficient (Wildman–Crippen LogP) is 3.22. The fourth-order valence-corrected chi connectivity index (χ4v) is 3.66. The third-order valence-electron chi connectivity index (χ3n) is 5.62. The van der Waals surface area contributed by atoms with Crippen LogP contribution in [-0.4, -0.2) is 39.7 Å². The van der Waals surface area contributed by atoms with Gasteiger partial charge >= 0.3 is 0 Å². The molecule has 3 N–H and O–H groups in total. The Morgan fingerprint density at radius 3 is 2.55 bits per heavy atom. The molecule has 8 nitrogen and oxygen atoms in total. The average molecular weight is 466 g/mol. The van der Waals surface area contributed by atoms with Gasteiger partial charge in [0.2, 0.25) is 5.91 Å². The summed E-state index contributed by atoms with van der Waals surface area (Å²) in [6, 6.07) is 3.38. The molecule has 1 saturated carbocycles. The number of alkyl halides is 2. The van der Waals surface area contributed by atoms with Crippen molar-refractivity contribution in [2.45, 2.75) is 57.6 Å². The SMILES string of the molecule is Cc1nc(CC(=O)NC2(C)CC2)c(C2OCCO2)c(N[C@H](O)c2cccc(C(F)F)c2F)n1. The molecule has 4 rings (SSSR count). The van der Waals surface area contributed by atoms with E-state index in [1.54, 1.807) is 6.92 Å². The van der Waals surface area contributed by atoms with Crippen LogP contribution in [0, 0.1) is 12.7 Å². The number of nitrogens with one attached hydrogen (secondary N) is 2. The van der Waals surface area contributed by atoms with Gasteiger partial charge in [-0.25, -0.2) is 23.1 Å². The molecular formula is C22H25F3N4O4. The maximum atomic E-state index is 14.6. The highest BCUT2D eigenvalue weighted by molar-refractivity contribution is 5.80. The number of amides is 1. The lowest BCUT2D eigenvalue weighted by atomic mass is 10.1. The molecule has 2 aromatic rings. The van der Waals surface area contributed by atoms with Crippen molar-refractivity contribution in [2.75, 3.05) is 18.5 Å². The molecule has 0 unspecified atom stereocenters. The summed E-state index contributed by atoms with van der Waals surface area (Å²) in [5.74, 6) is -1.11. The minimum Gasteiger partial charge on any atom is -0.369 e. The van der Waals surface area contributed by atoms with E-state index in [0.717, 1.165) is 18.9 Å². The van der Waals surface area contributed by atoms with E-state index < -0.39 is 30.3 Å². The van der Waals surface area contributed by atoms with Crippen LogP contribution in [-0.2, 0) is 20.7 Å². The van der Waals surface area contributed by atoms with E-state index in [1.165, 1.54) is 12.1 Å². The molecule has 1 aromatic carbocycles. The standard InChI is InChI=1S/C22H25F3N4O4/c1-11-26-14(10-15(30)29-22(2)6-7-22)16(21-32-8-9-33-21)19(27-11)28-20(31)13-5-3-4-12(17(13)23)18(24)25/h3-5,18,20-21,31H,6-10H2,1-2H3,(H,29,30)(H,26,27,28)/t20-/m1/s1. The van der Waals surface area contributed by atoms with E-state index in [0.29, 0.717) is 24.5 Å². The van der Waals surface area contributed by atoms with Gasteiger partial charge < -0.3 is 25.2 Å². The van der Waals surface area contributed by atoms with Gasteiger partial charge in [0.25, 0.3) is 6.43 Å². The maximum Gasteiger partial charge on any atom is 0.266 e. The highest BCUT2D eigenvalue weighted by Gasteiger charge is 2.39. The van der Waals surface area contributed by atoms with Crippen molar-refractivity contribution in [3.05, 3.63) is 52.2 Å². The summed E-state index contributed by atoms with van der Waals surface area (Å²) >= 11 is 0. The number of aryl methyl sites for hydroxylation is 1. The lowest BCUT2D eigenvalue weighted by Gasteiger charge is -2.22. The third kappa shape index (κ3) is 5.26. The largest absolute Gasteiger partial charge is 0.369 e. The molecule has 2 aliphatic rings. The second kappa shape index (κ2) is 9.24. The fourth-order valence-electron chi connectivity index (χ4n) is 3.66. The number of benzene rings is 1. The highest BCUT2D eigenvalue weighted by atomic mass is 19.3. The molecule has 2 heterocycles. The third-order valence-corrected chi connectivity index (χ3v) is 5.62. The topological polar surface area (TPSA) is 106 Å². The zero-order valence-electron chi connectivity index (χ0n) is 18.2. The Morgan fingerprint density at radius 1 is 1.24 bits per heavy atom. The molecule has 1 aliphatic carbocycles. The maximum absolute atomic E-state index is 14.6. The molecule has 1 aromatic heterocycles. The van der Waals surface area contributed by atoms with E-state index in [-0.39, 0.29) is 35.1 Å². The number of nitrogens with zero attached hydrogens (tertiary/aromatic N) is 2. The van der Waals surface area contributed by atoms with Gasteiger partial charge in [-0.3, -0.25) is 4.79 Å². The first kappa shape index (κ1) is 23.4. The van der Waals surface area contributed by atoms with Crippen molar-refractivity contribution in [3.63, 3.8) is 0 Å². The Labute approximate surface area is 188 Å². The number of hydrogen-bond acceptors (Lipinski definition) is 7. The van der Waals surface area contributed by atoms with Crippen LogP contribution in [0.2, 0.25) is 0 Å². The van der Waals surface area contributed by atoms with Gasteiger partial charge in [0.05, 0.1) is 36.5 Å². The first-order valence-electron chi connectivity index (χ1n) is 10.6.